The van der Waals surface area contributed by atoms with Crippen LogP contribution in [0.5, 0.6) is 5.88 Å². The van der Waals surface area contributed by atoms with Crippen LogP contribution in [0.1, 0.15) is 51.8 Å². The van der Waals surface area contributed by atoms with Crippen molar-refractivity contribution >= 4 is 0 Å². The molecule has 1 aromatic rings. The molecule has 0 radical (unpaired) electrons. The van der Waals surface area contributed by atoms with Crippen LogP contribution >= 0.6 is 0 Å². The van der Waals surface area contributed by atoms with Gasteiger partial charge in [-0.2, -0.15) is 26.3 Å². The summed E-state index contributed by atoms with van der Waals surface area (Å²) in [4.78, 5) is 3.32. The smallest absolute Gasteiger partial charge is 0.433 e. The molecule has 0 aromatic carbocycles. The molecule has 4 nitrogen and oxygen atoms in total. The van der Waals surface area contributed by atoms with E-state index in [-0.39, 0.29) is 6.07 Å². The third-order valence-corrected chi connectivity index (χ3v) is 5.34. The Morgan fingerprint density at radius 3 is 1.86 bits per heavy atom. The fraction of sp³-hybridized carbons (Fsp3) is 0.737. The summed E-state index contributed by atoms with van der Waals surface area (Å²) < 4.78 is 96.0. The largest absolute Gasteiger partial charge is 0.473 e. The van der Waals surface area contributed by atoms with Gasteiger partial charge in [-0.15, -0.1) is 0 Å². The molecule has 164 valence electrons. The average molecular weight is 427 g/mol. The molecule has 0 atom stereocenters. The lowest BCUT2D eigenvalue weighted by Gasteiger charge is -2.53. The van der Waals surface area contributed by atoms with Gasteiger partial charge in [-0.05, 0) is 6.07 Å². The second-order valence-corrected chi connectivity index (χ2v) is 9.01. The number of pyridine rings is 1. The van der Waals surface area contributed by atoms with E-state index in [1.54, 1.807) is 0 Å². The molecule has 0 bridgehead atoms. The van der Waals surface area contributed by atoms with Crippen molar-refractivity contribution in [2.45, 2.75) is 64.8 Å². The van der Waals surface area contributed by atoms with Crippen molar-refractivity contribution in [3.05, 3.63) is 23.4 Å². The summed E-state index contributed by atoms with van der Waals surface area (Å²) in [6.45, 7) is 8.16. The fourth-order valence-electron chi connectivity index (χ4n) is 4.71. The Morgan fingerprint density at radius 1 is 0.897 bits per heavy atom. The second-order valence-electron chi connectivity index (χ2n) is 9.01. The molecule has 3 rings (SSSR count). The van der Waals surface area contributed by atoms with Gasteiger partial charge in [0, 0.05) is 29.7 Å². The van der Waals surface area contributed by atoms with E-state index in [0.29, 0.717) is 32.1 Å². The number of hydrogen-bond donors (Lipinski definition) is 0. The summed E-state index contributed by atoms with van der Waals surface area (Å²) in [5.41, 5.74) is -4.44. The van der Waals surface area contributed by atoms with Crippen molar-refractivity contribution in [3.8, 4) is 5.88 Å². The van der Waals surface area contributed by atoms with Crippen molar-refractivity contribution in [2.24, 2.45) is 10.8 Å². The maximum Gasteiger partial charge on any atom is 0.433 e. The quantitative estimate of drug-likeness (QED) is 0.588. The normalized spacial score (nSPS) is 24.1. The maximum atomic E-state index is 13.1. The van der Waals surface area contributed by atoms with Crippen LogP contribution in [-0.4, -0.2) is 30.1 Å². The molecule has 10 heteroatoms. The molecule has 1 spiro atoms. The van der Waals surface area contributed by atoms with E-state index in [9.17, 15) is 26.3 Å². The molecule has 0 amide bonds. The van der Waals surface area contributed by atoms with E-state index in [1.165, 1.54) is 0 Å². The first-order valence-electron chi connectivity index (χ1n) is 9.15. The van der Waals surface area contributed by atoms with Crippen LogP contribution in [0.2, 0.25) is 0 Å². The molecule has 2 heterocycles. The van der Waals surface area contributed by atoms with E-state index >= 15 is 0 Å². The summed E-state index contributed by atoms with van der Waals surface area (Å²) >= 11 is 0. The number of ether oxygens (including phenoxy) is 3. The Balaban J connectivity index is 1.98. The molecular weight excluding hydrogens is 404 g/mol. The standard InChI is InChI=1S/C19H23F6NO3/c1-15(2)9-17(27-5-6-28-17)10-16(3,4)14(15)29-13-8-11(18(20,21)22)7-12(26-13)19(23,24)25/h7-8,14H,5-6,9-10H2,1-4H3. The highest BCUT2D eigenvalue weighted by Crippen LogP contribution is 2.54. The van der Waals surface area contributed by atoms with E-state index < -0.39 is 52.2 Å². The average Bonchev–Trinajstić information content (AvgIpc) is 2.95. The highest BCUT2D eigenvalue weighted by Gasteiger charge is 2.58. The van der Waals surface area contributed by atoms with Gasteiger partial charge in [-0.3, -0.25) is 0 Å². The molecule has 2 fully saturated rings. The minimum Gasteiger partial charge on any atom is -0.473 e. The predicted octanol–water partition coefficient (Wildman–Crippen LogP) is 5.46. The van der Waals surface area contributed by atoms with Crippen molar-refractivity contribution < 1.29 is 40.6 Å². The van der Waals surface area contributed by atoms with Crippen LogP contribution in [0.4, 0.5) is 26.3 Å². The lowest BCUT2D eigenvalue weighted by atomic mass is 9.60. The van der Waals surface area contributed by atoms with Gasteiger partial charge < -0.3 is 14.2 Å². The lowest BCUT2D eigenvalue weighted by Crippen LogP contribution is -2.58. The molecule has 29 heavy (non-hydrogen) atoms. The first-order valence-corrected chi connectivity index (χ1v) is 9.15. The third-order valence-electron chi connectivity index (χ3n) is 5.34. The number of hydrogen-bond acceptors (Lipinski definition) is 4. The van der Waals surface area contributed by atoms with Crippen molar-refractivity contribution in [1.29, 1.82) is 0 Å². The van der Waals surface area contributed by atoms with Gasteiger partial charge in [0.2, 0.25) is 5.88 Å². The molecule has 2 aliphatic rings. The Labute approximate surface area is 164 Å². The molecule has 1 aliphatic heterocycles. The summed E-state index contributed by atoms with van der Waals surface area (Å²) in [5, 5.41) is 0. The number of nitrogens with zero attached hydrogens (tertiary/aromatic N) is 1. The van der Waals surface area contributed by atoms with Crippen molar-refractivity contribution in [3.63, 3.8) is 0 Å². The molecule has 1 saturated heterocycles. The van der Waals surface area contributed by atoms with Crippen LogP contribution in [0, 0.1) is 10.8 Å². The zero-order valence-corrected chi connectivity index (χ0v) is 16.5. The van der Waals surface area contributed by atoms with Gasteiger partial charge in [0.25, 0.3) is 0 Å². The fourth-order valence-corrected chi connectivity index (χ4v) is 4.71. The van der Waals surface area contributed by atoms with Gasteiger partial charge in [0.05, 0.1) is 18.8 Å². The maximum absolute atomic E-state index is 13.1. The Hall–Kier alpha value is -1.55. The van der Waals surface area contributed by atoms with Crippen LogP contribution in [0.3, 0.4) is 0 Å². The number of aromatic nitrogens is 1. The molecular formula is C19H23F6NO3. The zero-order valence-electron chi connectivity index (χ0n) is 16.5. The highest BCUT2D eigenvalue weighted by atomic mass is 19.4. The molecule has 0 unspecified atom stereocenters. The van der Waals surface area contributed by atoms with Crippen molar-refractivity contribution in [2.75, 3.05) is 13.2 Å². The van der Waals surface area contributed by atoms with E-state index in [2.05, 4.69) is 4.98 Å². The first-order chi connectivity index (χ1) is 13.0. The van der Waals surface area contributed by atoms with Crippen LogP contribution in [0.15, 0.2) is 12.1 Å². The van der Waals surface area contributed by atoms with Crippen LogP contribution in [-0.2, 0) is 21.8 Å². The minimum atomic E-state index is -5.04. The number of halogens is 6. The molecule has 1 aromatic heterocycles. The first kappa shape index (κ1) is 22.1. The Bertz CT molecular complexity index is 714. The second kappa shape index (κ2) is 6.73. The number of alkyl halides is 6. The van der Waals surface area contributed by atoms with E-state index in [4.69, 9.17) is 14.2 Å². The van der Waals surface area contributed by atoms with E-state index in [0.717, 1.165) is 0 Å². The monoisotopic (exact) mass is 427 g/mol. The summed E-state index contributed by atoms with van der Waals surface area (Å²) in [7, 11) is 0. The van der Waals surface area contributed by atoms with Gasteiger partial charge in [-0.25, -0.2) is 4.98 Å². The summed E-state index contributed by atoms with van der Waals surface area (Å²) in [6, 6.07) is 0.494. The van der Waals surface area contributed by atoms with Gasteiger partial charge in [0.1, 0.15) is 11.8 Å². The Kier molecular flexibility index (Phi) is 5.14. The van der Waals surface area contributed by atoms with Gasteiger partial charge in [-0.1, -0.05) is 27.7 Å². The molecule has 1 saturated carbocycles. The van der Waals surface area contributed by atoms with E-state index in [1.807, 2.05) is 27.7 Å². The van der Waals surface area contributed by atoms with Gasteiger partial charge in [0.15, 0.2) is 5.79 Å². The molecule has 0 N–H and O–H groups in total. The highest BCUT2D eigenvalue weighted by molar-refractivity contribution is 5.29. The SMILES string of the molecule is CC1(C)CC2(CC(C)(C)C1Oc1cc(C(F)(F)F)cc(C(F)(F)F)n1)OCCO2. The Morgan fingerprint density at radius 2 is 1.41 bits per heavy atom. The van der Waals surface area contributed by atoms with Crippen LogP contribution < -0.4 is 4.74 Å². The summed E-state index contributed by atoms with van der Waals surface area (Å²) in [6.07, 6.45) is -9.94. The zero-order chi connectivity index (χ0) is 21.9. The summed E-state index contributed by atoms with van der Waals surface area (Å²) in [5.74, 6) is -1.53. The van der Waals surface area contributed by atoms with Gasteiger partial charge >= 0.3 is 12.4 Å². The topological polar surface area (TPSA) is 40.6 Å². The number of rotatable bonds is 2. The molecule has 1 aliphatic carbocycles. The minimum absolute atomic E-state index is 0.0147. The lowest BCUT2D eigenvalue weighted by molar-refractivity contribution is -0.248. The third kappa shape index (κ3) is 4.47. The van der Waals surface area contributed by atoms with Crippen molar-refractivity contribution in [1.82, 2.24) is 4.98 Å². The van der Waals surface area contributed by atoms with Crippen LogP contribution in [0.25, 0.3) is 0 Å². The predicted molar refractivity (Wildman–Crippen MR) is 90.1 cm³/mol.